The van der Waals surface area contributed by atoms with Crippen LogP contribution in [0, 0.1) is 0 Å². The zero-order valence-corrected chi connectivity index (χ0v) is 45.0. The number of allylic oxidation sites excluding steroid dienone is 4. The molecule has 0 aromatic heterocycles. The second-order valence-electron chi connectivity index (χ2n) is 20.3. The van der Waals surface area contributed by atoms with Crippen LogP contribution in [0.5, 0.6) is 0 Å². The molecule has 0 saturated heterocycles. The molecule has 1 unspecified atom stereocenters. The normalized spacial score (nSPS) is 12.2. The molecule has 1 atom stereocenters. The highest BCUT2D eigenvalue weighted by atomic mass is 16.6. The maximum atomic E-state index is 12.9. The van der Waals surface area contributed by atoms with Crippen molar-refractivity contribution in [1.82, 2.24) is 0 Å². The minimum atomic E-state index is -0.535. The first-order valence-electron chi connectivity index (χ1n) is 29.9. The third-order valence-electron chi connectivity index (χ3n) is 13.5. The Kier molecular flexibility index (Phi) is 56.3. The van der Waals surface area contributed by atoms with Crippen LogP contribution in [0.25, 0.3) is 0 Å². The van der Waals surface area contributed by atoms with Crippen molar-refractivity contribution in [3.8, 4) is 0 Å². The summed E-state index contributed by atoms with van der Waals surface area (Å²) in [6, 6.07) is 0. The van der Waals surface area contributed by atoms with Gasteiger partial charge in [0.15, 0.2) is 6.10 Å². The first-order chi connectivity index (χ1) is 32.6. The van der Waals surface area contributed by atoms with Crippen molar-refractivity contribution in [2.24, 2.45) is 0 Å². The Labute approximate surface area is 413 Å². The summed E-state index contributed by atoms with van der Waals surface area (Å²) in [4.78, 5) is 25.5. The van der Waals surface area contributed by atoms with E-state index >= 15 is 0 Å². The zero-order valence-electron chi connectivity index (χ0n) is 45.0. The molecule has 0 heterocycles. The molecule has 0 radical (unpaired) electrons. The Morgan fingerprint density at radius 2 is 0.591 bits per heavy atom. The van der Waals surface area contributed by atoms with E-state index in [0.717, 1.165) is 44.9 Å². The maximum Gasteiger partial charge on any atom is 0.306 e. The lowest BCUT2D eigenvalue weighted by atomic mass is 10.0. The van der Waals surface area contributed by atoms with Crippen LogP contribution < -0.4 is 0 Å². The van der Waals surface area contributed by atoms with Gasteiger partial charge in [-0.25, -0.2) is 0 Å². The van der Waals surface area contributed by atoms with Crippen molar-refractivity contribution < 1.29 is 23.8 Å². The van der Waals surface area contributed by atoms with Gasteiger partial charge < -0.3 is 14.2 Å². The van der Waals surface area contributed by atoms with Gasteiger partial charge in [-0.15, -0.1) is 0 Å². The summed E-state index contributed by atoms with van der Waals surface area (Å²) >= 11 is 0. The number of unbranched alkanes of at least 4 members (excludes halogenated alkanes) is 41. The van der Waals surface area contributed by atoms with Gasteiger partial charge in [0.05, 0.1) is 6.61 Å². The Hall–Kier alpha value is -1.62. The van der Waals surface area contributed by atoms with Crippen molar-refractivity contribution in [1.29, 1.82) is 0 Å². The molecule has 66 heavy (non-hydrogen) atoms. The van der Waals surface area contributed by atoms with E-state index in [2.05, 4.69) is 45.1 Å². The third-order valence-corrected chi connectivity index (χ3v) is 13.5. The molecule has 0 spiro atoms. The van der Waals surface area contributed by atoms with E-state index in [1.54, 1.807) is 0 Å². The predicted octanol–water partition coefficient (Wildman–Crippen LogP) is 20.4. The number of carbonyl (C=O) groups is 2. The summed E-state index contributed by atoms with van der Waals surface area (Å²) in [7, 11) is 0. The summed E-state index contributed by atoms with van der Waals surface area (Å²) in [6.45, 7) is 7.88. The topological polar surface area (TPSA) is 61.8 Å². The lowest BCUT2D eigenvalue weighted by Gasteiger charge is -2.18. The van der Waals surface area contributed by atoms with Gasteiger partial charge in [0.25, 0.3) is 0 Å². The molecule has 0 fully saturated rings. The van der Waals surface area contributed by atoms with Crippen LogP contribution in [-0.2, 0) is 23.8 Å². The number of ether oxygens (including phenoxy) is 3. The second kappa shape index (κ2) is 57.7. The molecular weight excluding hydrogens is 813 g/mol. The van der Waals surface area contributed by atoms with Gasteiger partial charge in [-0.1, -0.05) is 270 Å². The molecule has 5 heteroatoms. The van der Waals surface area contributed by atoms with Crippen molar-refractivity contribution in [2.45, 2.75) is 335 Å². The highest BCUT2D eigenvalue weighted by Gasteiger charge is 2.17. The summed E-state index contributed by atoms with van der Waals surface area (Å²) < 4.78 is 17.5. The van der Waals surface area contributed by atoms with E-state index < -0.39 is 6.10 Å². The van der Waals surface area contributed by atoms with Crippen LogP contribution in [0.1, 0.15) is 329 Å². The molecule has 0 N–H and O–H groups in total. The highest BCUT2D eigenvalue weighted by Crippen LogP contribution is 2.16. The van der Waals surface area contributed by atoms with Crippen LogP contribution in [0.3, 0.4) is 0 Å². The number of carbonyl (C=O) groups excluding carboxylic acids is 2. The van der Waals surface area contributed by atoms with Gasteiger partial charge in [0, 0.05) is 19.4 Å². The smallest absolute Gasteiger partial charge is 0.306 e. The summed E-state index contributed by atoms with van der Waals surface area (Å²) in [6.07, 6.45) is 69.1. The van der Waals surface area contributed by atoms with Crippen LogP contribution in [0.15, 0.2) is 24.3 Å². The summed E-state index contributed by atoms with van der Waals surface area (Å²) in [5, 5.41) is 0. The van der Waals surface area contributed by atoms with E-state index in [1.165, 1.54) is 250 Å². The van der Waals surface area contributed by atoms with E-state index in [1.807, 2.05) is 0 Å². The molecule has 0 aliphatic heterocycles. The van der Waals surface area contributed by atoms with Crippen LogP contribution in [0.2, 0.25) is 0 Å². The molecular formula is C61H116O5. The van der Waals surface area contributed by atoms with E-state index in [-0.39, 0.29) is 18.5 Å². The molecule has 5 nitrogen and oxygen atoms in total. The molecule has 0 saturated carbocycles. The van der Waals surface area contributed by atoms with Crippen LogP contribution in [-0.4, -0.2) is 37.9 Å². The van der Waals surface area contributed by atoms with E-state index in [9.17, 15) is 9.59 Å². The van der Waals surface area contributed by atoms with Gasteiger partial charge in [-0.2, -0.15) is 0 Å². The molecule has 0 aromatic rings. The van der Waals surface area contributed by atoms with Gasteiger partial charge in [0.2, 0.25) is 0 Å². The molecule has 0 aliphatic carbocycles. The zero-order chi connectivity index (χ0) is 47.7. The van der Waals surface area contributed by atoms with Gasteiger partial charge in [-0.05, 0) is 70.6 Å². The number of hydrogen-bond acceptors (Lipinski definition) is 5. The fourth-order valence-corrected chi connectivity index (χ4v) is 8.97. The van der Waals surface area contributed by atoms with Gasteiger partial charge >= 0.3 is 11.9 Å². The van der Waals surface area contributed by atoms with Crippen LogP contribution in [0.4, 0.5) is 0 Å². The Morgan fingerprint density at radius 1 is 0.318 bits per heavy atom. The Balaban J connectivity index is 4.22. The van der Waals surface area contributed by atoms with Crippen molar-refractivity contribution in [2.75, 3.05) is 19.8 Å². The molecule has 0 bridgehead atoms. The molecule has 0 amide bonds. The molecule has 390 valence electrons. The second-order valence-corrected chi connectivity index (χ2v) is 20.3. The number of esters is 2. The molecule has 0 aromatic carbocycles. The van der Waals surface area contributed by atoms with Crippen molar-refractivity contribution in [3.63, 3.8) is 0 Å². The average Bonchev–Trinajstić information content (AvgIpc) is 3.32. The fraction of sp³-hybridized carbons (Fsp3) is 0.902. The third kappa shape index (κ3) is 55.0. The largest absolute Gasteiger partial charge is 0.462 e. The lowest BCUT2D eigenvalue weighted by Crippen LogP contribution is -2.30. The minimum absolute atomic E-state index is 0.0881. The summed E-state index contributed by atoms with van der Waals surface area (Å²) in [5.41, 5.74) is 0. The monoisotopic (exact) mass is 929 g/mol. The average molecular weight is 930 g/mol. The lowest BCUT2D eigenvalue weighted by molar-refractivity contribution is -0.163. The Morgan fingerprint density at radius 3 is 0.924 bits per heavy atom. The maximum absolute atomic E-state index is 12.9. The molecule has 0 aliphatic rings. The van der Waals surface area contributed by atoms with Crippen molar-refractivity contribution >= 4 is 11.9 Å². The van der Waals surface area contributed by atoms with Gasteiger partial charge in [0.1, 0.15) is 6.61 Å². The highest BCUT2D eigenvalue weighted by molar-refractivity contribution is 5.70. The SMILES string of the molecule is CCCCCCCC/C=C\CCCCCCCCCCCC(=O)OCC(COCCCCCCCCCCCCCCCCCC)OC(=O)CCCCCCC/C=C\CCCCCCCC. The van der Waals surface area contributed by atoms with Crippen LogP contribution >= 0.6 is 0 Å². The fourth-order valence-electron chi connectivity index (χ4n) is 8.97. The van der Waals surface area contributed by atoms with Crippen molar-refractivity contribution in [3.05, 3.63) is 24.3 Å². The summed E-state index contributed by atoms with van der Waals surface area (Å²) in [5.74, 6) is -0.387. The van der Waals surface area contributed by atoms with E-state index in [0.29, 0.717) is 26.1 Å². The minimum Gasteiger partial charge on any atom is -0.462 e. The predicted molar refractivity (Wildman–Crippen MR) is 289 cm³/mol. The van der Waals surface area contributed by atoms with E-state index in [4.69, 9.17) is 14.2 Å². The Bertz CT molecular complexity index is 1010. The standard InChI is InChI=1S/C61H116O5/c1-4-7-10-13-16-19-22-25-28-30-31-32-34-36-39-42-45-48-51-54-60(62)65-58-59(57-64-56-53-50-47-44-41-38-35-29-26-23-20-17-14-11-8-5-2)66-61(63)55-52-49-46-43-40-37-33-27-24-21-18-15-12-9-6-3/h25,27-28,33,59H,4-24,26,29-32,34-58H2,1-3H3/b28-25-,33-27-. The number of rotatable bonds is 56. The van der Waals surface area contributed by atoms with Gasteiger partial charge in [-0.3, -0.25) is 9.59 Å². The quantitative estimate of drug-likeness (QED) is 0.0345. The first-order valence-corrected chi connectivity index (χ1v) is 29.9. The number of hydrogen-bond donors (Lipinski definition) is 0. The first kappa shape index (κ1) is 64.4. The molecule has 0 rings (SSSR count).